The van der Waals surface area contributed by atoms with Gasteiger partial charge in [-0.05, 0) is 31.5 Å². The molecule has 0 aliphatic heterocycles. The molecule has 2 rings (SSSR count). The minimum absolute atomic E-state index is 0.0366. The number of aryl methyl sites for hydroxylation is 1. The maximum absolute atomic E-state index is 12.7. The molecule has 1 N–H and O–H groups in total. The van der Waals surface area contributed by atoms with Crippen LogP contribution in [0.3, 0.4) is 0 Å². The molecule has 8 heteroatoms. The van der Waals surface area contributed by atoms with Gasteiger partial charge in [0.1, 0.15) is 0 Å². The van der Waals surface area contributed by atoms with Crippen LogP contribution in [0, 0.1) is 17.0 Å². The molecule has 0 bridgehead atoms. The summed E-state index contributed by atoms with van der Waals surface area (Å²) in [6.45, 7) is 6.78. The van der Waals surface area contributed by atoms with Crippen LogP contribution in [0.4, 0.5) is 5.69 Å². The summed E-state index contributed by atoms with van der Waals surface area (Å²) in [4.78, 5) is 22.0. The second-order valence-corrected chi connectivity index (χ2v) is 7.51. The molecule has 2 aromatic rings. The highest BCUT2D eigenvalue weighted by molar-refractivity contribution is 7.89. The first kappa shape index (κ1) is 19.5. The Hall–Kier alpha value is -2.84. The number of benzene rings is 2. The Morgan fingerprint density at radius 2 is 1.65 bits per heavy atom. The molecule has 7 nitrogen and oxygen atoms in total. The molecular weight excluding hydrogens is 356 g/mol. The van der Waals surface area contributed by atoms with Gasteiger partial charge in [0.2, 0.25) is 10.0 Å². The molecule has 0 fully saturated rings. The Balaban J connectivity index is 2.42. The average molecular weight is 374 g/mol. The van der Waals surface area contributed by atoms with E-state index in [0.717, 1.165) is 5.56 Å². The highest BCUT2D eigenvalue weighted by atomic mass is 32.2. The number of nitro groups is 1. The van der Waals surface area contributed by atoms with Crippen LogP contribution < -0.4 is 4.72 Å². The van der Waals surface area contributed by atoms with E-state index in [1.54, 1.807) is 12.1 Å². The number of nitro benzene ring substituents is 1. The highest BCUT2D eigenvalue weighted by Gasteiger charge is 2.26. The number of ketones is 1. The fourth-order valence-electron chi connectivity index (χ4n) is 2.27. The van der Waals surface area contributed by atoms with Gasteiger partial charge in [0, 0.05) is 17.7 Å². The lowest BCUT2D eigenvalue weighted by molar-refractivity contribution is -0.384. The van der Waals surface area contributed by atoms with Crippen molar-refractivity contribution in [1.29, 1.82) is 0 Å². The number of hydrogen-bond donors (Lipinski definition) is 1. The quantitative estimate of drug-likeness (QED) is 0.455. The summed E-state index contributed by atoms with van der Waals surface area (Å²) in [7, 11) is -3.93. The first-order valence-electron chi connectivity index (χ1n) is 7.65. The molecule has 0 saturated heterocycles. The fraction of sp³-hybridized carbons (Fsp3) is 0.167. The van der Waals surface area contributed by atoms with Crippen LogP contribution >= 0.6 is 0 Å². The van der Waals surface area contributed by atoms with Crippen LogP contribution in [0.25, 0.3) is 0 Å². The summed E-state index contributed by atoms with van der Waals surface area (Å²) in [6.07, 6.45) is 0. The van der Waals surface area contributed by atoms with Crippen molar-refractivity contribution >= 4 is 21.5 Å². The monoisotopic (exact) mass is 374 g/mol. The largest absolute Gasteiger partial charge is 0.295 e. The van der Waals surface area contributed by atoms with Crippen LogP contribution in [-0.4, -0.2) is 19.1 Å². The van der Waals surface area contributed by atoms with Crippen LogP contribution in [0.5, 0.6) is 0 Å². The minimum atomic E-state index is -3.93. The molecule has 26 heavy (non-hydrogen) atoms. The second kappa shape index (κ2) is 7.59. The van der Waals surface area contributed by atoms with Gasteiger partial charge >= 0.3 is 0 Å². The smallest absolute Gasteiger partial charge is 0.269 e. The van der Waals surface area contributed by atoms with E-state index in [9.17, 15) is 23.3 Å². The molecule has 0 aromatic heterocycles. The number of carbonyl (C=O) groups excluding carboxylic acids is 1. The van der Waals surface area contributed by atoms with Crippen molar-refractivity contribution < 1.29 is 18.1 Å². The van der Waals surface area contributed by atoms with Gasteiger partial charge in [-0.3, -0.25) is 14.9 Å². The molecule has 0 amide bonds. The molecule has 0 spiro atoms. The van der Waals surface area contributed by atoms with Crippen LogP contribution in [-0.2, 0) is 14.8 Å². The number of Topliss-reactive ketones (excluding diaryl/α,β-unsaturated/α-hetero) is 1. The van der Waals surface area contributed by atoms with Gasteiger partial charge in [-0.25, -0.2) is 8.42 Å². The zero-order valence-corrected chi connectivity index (χ0v) is 15.1. The van der Waals surface area contributed by atoms with Gasteiger partial charge in [0.15, 0.2) is 5.78 Å². The van der Waals surface area contributed by atoms with Crippen molar-refractivity contribution in [1.82, 2.24) is 4.72 Å². The molecule has 0 heterocycles. The molecule has 136 valence electrons. The summed E-state index contributed by atoms with van der Waals surface area (Å²) in [5, 5.41) is 10.8. The first-order chi connectivity index (χ1) is 12.1. The van der Waals surface area contributed by atoms with Crippen LogP contribution in [0.2, 0.25) is 0 Å². The molecule has 0 aliphatic carbocycles. The molecule has 0 saturated carbocycles. The van der Waals surface area contributed by atoms with E-state index >= 15 is 0 Å². The van der Waals surface area contributed by atoms with Crippen molar-refractivity contribution in [2.75, 3.05) is 0 Å². The summed E-state index contributed by atoms with van der Waals surface area (Å²) in [5.74, 6) is -0.389. The normalized spacial score (nSPS) is 12.4. The predicted molar refractivity (Wildman–Crippen MR) is 97.2 cm³/mol. The van der Waals surface area contributed by atoms with Gasteiger partial charge in [-0.2, -0.15) is 4.72 Å². The summed E-state index contributed by atoms with van der Waals surface area (Å²) >= 11 is 0. The predicted octanol–water partition coefficient (Wildman–Crippen LogP) is 3.07. The third-order valence-electron chi connectivity index (χ3n) is 3.84. The second-order valence-electron chi connectivity index (χ2n) is 5.80. The van der Waals surface area contributed by atoms with Crippen molar-refractivity contribution in [2.24, 2.45) is 0 Å². The number of nitrogens with zero attached hydrogens (tertiary/aromatic N) is 1. The third kappa shape index (κ3) is 4.41. The Morgan fingerprint density at radius 3 is 2.12 bits per heavy atom. The van der Waals surface area contributed by atoms with Crippen molar-refractivity contribution in [2.45, 2.75) is 24.8 Å². The maximum Gasteiger partial charge on any atom is 0.269 e. The highest BCUT2D eigenvalue weighted by Crippen LogP contribution is 2.26. The summed E-state index contributed by atoms with van der Waals surface area (Å²) in [5.41, 5.74) is 1.19. The number of nitrogens with one attached hydrogen (secondary N) is 1. The number of sulfonamides is 1. The third-order valence-corrected chi connectivity index (χ3v) is 5.28. The van der Waals surface area contributed by atoms with Crippen molar-refractivity contribution in [3.05, 3.63) is 81.9 Å². The molecule has 0 aliphatic rings. The minimum Gasteiger partial charge on any atom is -0.295 e. The topological polar surface area (TPSA) is 106 Å². The Bertz CT molecular complexity index is 948. The number of carbonyl (C=O) groups is 1. The Labute approximate surface area is 151 Å². The van der Waals surface area contributed by atoms with E-state index in [-0.39, 0.29) is 21.9 Å². The SMILES string of the molecule is C=C(C(C)=O)C(NS(=O)(=O)c1ccc(C)cc1)c1ccc([N+](=O)[O-])cc1. The standard InChI is InChI=1S/C18H18N2O5S/c1-12-4-10-17(11-5-12)26(24,25)19-18(13(2)14(3)21)15-6-8-16(9-7-15)20(22)23/h4-11,18-19H,2H2,1,3H3. The van der Waals surface area contributed by atoms with E-state index in [2.05, 4.69) is 11.3 Å². The average Bonchev–Trinajstić information content (AvgIpc) is 2.59. The van der Waals surface area contributed by atoms with E-state index in [4.69, 9.17) is 0 Å². The van der Waals surface area contributed by atoms with E-state index < -0.39 is 21.0 Å². The lowest BCUT2D eigenvalue weighted by Crippen LogP contribution is -2.31. The molecule has 1 atom stereocenters. The van der Waals surface area contributed by atoms with E-state index in [1.165, 1.54) is 43.3 Å². The van der Waals surface area contributed by atoms with Gasteiger partial charge in [-0.1, -0.05) is 36.4 Å². The summed E-state index contributed by atoms with van der Waals surface area (Å²) < 4.78 is 27.8. The lowest BCUT2D eigenvalue weighted by atomic mass is 9.98. The molecule has 1 unspecified atom stereocenters. The Morgan fingerprint density at radius 1 is 1.12 bits per heavy atom. The first-order valence-corrected chi connectivity index (χ1v) is 9.13. The zero-order valence-electron chi connectivity index (χ0n) is 14.3. The lowest BCUT2D eigenvalue weighted by Gasteiger charge is -2.20. The molecular formula is C18H18N2O5S. The Kier molecular flexibility index (Phi) is 5.69. The van der Waals surface area contributed by atoms with Gasteiger partial charge in [0.25, 0.3) is 5.69 Å². The zero-order chi connectivity index (χ0) is 19.5. The van der Waals surface area contributed by atoms with Gasteiger partial charge < -0.3 is 0 Å². The van der Waals surface area contributed by atoms with Gasteiger partial charge in [0.05, 0.1) is 15.9 Å². The van der Waals surface area contributed by atoms with Crippen LogP contribution in [0.1, 0.15) is 24.1 Å². The van der Waals surface area contributed by atoms with E-state index in [0.29, 0.717) is 5.56 Å². The maximum atomic E-state index is 12.7. The molecule has 0 radical (unpaired) electrons. The molecule has 2 aromatic carbocycles. The van der Waals surface area contributed by atoms with Crippen molar-refractivity contribution in [3.63, 3.8) is 0 Å². The summed E-state index contributed by atoms with van der Waals surface area (Å²) in [6, 6.07) is 10.5. The number of non-ortho nitro benzene ring substituents is 1. The van der Waals surface area contributed by atoms with Crippen LogP contribution in [0.15, 0.2) is 65.6 Å². The van der Waals surface area contributed by atoms with E-state index in [1.807, 2.05) is 6.92 Å². The van der Waals surface area contributed by atoms with Gasteiger partial charge in [-0.15, -0.1) is 0 Å². The number of rotatable bonds is 7. The fourth-order valence-corrected chi connectivity index (χ4v) is 3.49. The number of hydrogen-bond acceptors (Lipinski definition) is 5. The van der Waals surface area contributed by atoms with Crippen molar-refractivity contribution in [3.8, 4) is 0 Å².